The van der Waals surface area contributed by atoms with E-state index < -0.39 is 10.0 Å². The summed E-state index contributed by atoms with van der Waals surface area (Å²) in [7, 11) is -3.05. The molecule has 0 fully saturated rings. The summed E-state index contributed by atoms with van der Waals surface area (Å²) in [5.41, 5.74) is 0. The van der Waals surface area contributed by atoms with Crippen molar-refractivity contribution in [3.63, 3.8) is 0 Å². The van der Waals surface area contributed by atoms with Gasteiger partial charge in [0.1, 0.15) is 0 Å². The molecule has 0 saturated heterocycles. The largest absolute Gasteiger partial charge is 0.396 e. The third-order valence-corrected chi connectivity index (χ3v) is 3.75. The van der Waals surface area contributed by atoms with Gasteiger partial charge < -0.3 is 10.4 Å². The molecule has 1 atom stereocenters. The van der Waals surface area contributed by atoms with Crippen LogP contribution in [0.5, 0.6) is 0 Å². The molecule has 0 saturated carbocycles. The molecule has 3 N–H and O–H groups in total. The van der Waals surface area contributed by atoms with E-state index in [0.717, 1.165) is 25.8 Å². The first kappa shape index (κ1) is 15.8. The molecule has 5 nitrogen and oxygen atoms in total. The number of sulfonamides is 1. The van der Waals surface area contributed by atoms with Crippen molar-refractivity contribution in [1.82, 2.24) is 10.0 Å². The third kappa shape index (κ3) is 9.08. The molecule has 98 valence electrons. The van der Waals surface area contributed by atoms with Gasteiger partial charge in [0.25, 0.3) is 0 Å². The lowest BCUT2D eigenvalue weighted by Gasteiger charge is -2.12. The summed E-state index contributed by atoms with van der Waals surface area (Å²) in [5.74, 6) is 0.132. The van der Waals surface area contributed by atoms with Gasteiger partial charge in [-0.05, 0) is 39.7 Å². The predicted octanol–water partition coefficient (Wildman–Crippen LogP) is 0.0664. The van der Waals surface area contributed by atoms with Crippen LogP contribution in [0.4, 0.5) is 0 Å². The Morgan fingerprint density at radius 3 is 2.50 bits per heavy atom. The average Bonchev–Trinajstić information content (AvgIpc) is 2.25. The lowest BCUT2D eigenvalue weighted by molar-refractivity contribution is 0.276. The van der Waals surface area contributed by atoms with E-state index in [1.165, 1.54) is 0 Å². The van der Waals surface area contributed by atoms with Crippen LogP contribution in [0.2, 0.25) is 0 Å². The fourth-order valence-corrected chi connectivity index (χ4v) is 1.93. The summed E-state index contributed by atoms with van der Waals surface area (Å²) in [6, 6.07) is 0.370. The van der Waals surface area contributed by atoms with Crippen LogP contribution < -0.4 is 10.0 Å². The first-order valence-electron chi connectivity index (χ1n) is 5.83. The monoisotopic (exact) mass is 252 g/mol. The molecule has 16 heavy (non-hydrogen) atoms. The second-order valence-corrected chi connectivity index (χ2v) is 5.97. The summed E-state index contributed by atoms with van der Waals surface area (Å²) in [5, 5.41) is 11.9. The van der Waals surface area contributed by atoms with E-state index in [2.05, 4.69) is 17.0 Å². The summed E-state index contributed by atoms with van der Waals surface area (Å²) >= 11 is 0. The zero-order chi connectivity index (χ0) is 12.4. The molecular weight excluding hydrogens is 228 g/mol. The standard InChI is InChI=1S/C10H24N2O3S/c1-3-16(14,15)12-8-5-7-11-10(2)6-4-9-13/h10-13H,3-9H2,1-2H3. The minimum Gasteiger partial charge on any atom is -0.396 e. The maximum Gasteiger partial charge on any atom is 0.211 e. The van der Waals surface area contributed by atoms with Gasteiger partial charge in [0, 0.05) is 19.2 Å². The van der Waals surface area contributed by atoms with E-state index in [-0.39, 0.29) is 12.4 Å². The summed E-state index contributed by atoms with van der Waals surface area (Å²) in [6.45, 7) is 5.18. The maximum absolute atomic E-state index is 11.1. The average molecular weight is 252 g/mol. The van der Waals surface area contributed by atoms with E-state index in [1.807, 2.05) is 0 Å². The van der Waals surface area contributed by atoms with E-state index in [4.69, 9.17) is 5.11 Å². The number of aliphatic hydroxyl groups is 1. The highest BCUT2D eigenvalue weighted by Gasteiger charge is 2.04. The summed E-state index contributed by atoms with van der Waals surface area (Å²) in [6.07, 6.45) is 2.52. The van der Waals surface area contributed by atoms with Gasteiger partial charge >= 0.3 is 0 Å². The van der Waals surface area contributed by atoms with Crippen molar-refractivity contribution in [2.45, 2.75) is 39.2 Å². The van der Waals surface area contributed by atoms with Crippen molar-refractivity contribution in [2.24, 2.45) is 0 Å². The Bertz CT molecular complexity index is 255. The fraction of sp³-hybridized carbons (Fsp3) is 1.00. The van der Waals surface area contributed by atoms with Gasteiger partial charge in [0.15, 0.2) is 0 Å². The minimum absolute atomic E-state index is 0.132. The molecule has 0 radical (unpaired) electrons. The Kier molecular flexibility index (Phi) is 8.83. The van der Waals surface area contributed by atoms with Crippen molar-refractivity contribution in [2.75, 3.05) is 25.4 Å². The Morgan fingerprint density at radius 2 is 1.94 bits per heavy atom. The molecule has 0 aromatic rings. The van der Waals surface area contributed by atoms with Crippen molar-refractivity contribution >= 4 is 10.0 Å². The molecule has 0 rings (SSSR count). The SMILES string of the molecule is CCS(=O)(=O)NCCCNC(C)CCCO. The van der Waals surface area contributed by atoms with Crippen LogP contribution >= 0.6 is 0 Å². The lowest BCUT2D eigenvalue weighted by Crippen LogP contribution is -2.31. The fourth-order valence-electron chi connectivity index (χ4n) is 1.27. The summed E-state index contributed by atoms with van der Waals surface area (Å²) in [4.78, 5) is 0. The van der Waals surface area contributed by atoms with Crippen molar-refractivity contribution < 1.29 is 13.5 Å². The minimum atomic E-state index is -3.05. The highest BCUT2D eigenvalue weighted by molar-refractivity contribution is 7.89. The number of hydrogen-bond donors (Lipinski definition) is 3. The van der Waals surface area contributed by atoms with Crippen LogP contribution in [-0.2, 0) is 10.0 Å². The molecular formula is C10H24N2O3S. The Labute approximate surface area is 98.7 Å². The van der Waals surface area contributed by atoms with Crippen LogP contribution in [0.3, 0.4) is 0 Å². The second-order valence-electron chi connectivity index (χ2n) is 3.87. The van der Waals surface area contributed by atoms with Crippen LogP contribution in [0.15, 0.2) is 0 Å². The highest BCUT2D eigenvalue weighted by atomic mass is 32.2. The van der Waals surface area contributed by atoms with E-state index in [0.29, 0.717) is 12.6 Å². The molecule has 0 aliphatic rings. The number of hydrogen-bond acceptors (Lipinski definition) is 4. The maximum atomic E-state index is 11.1. The van der Waals surface area contributed by atoms with Gasteiger partial charge in [-0.15, -0.1) is 0 Å². The molecule has 6 heteroatoms. The molecule has 0 aromatic heterocycles. The van der Waals surface area contributed by atoms with Gasteiger partial charge in [0.2, 0.25) is 10.0 Å². The Hall–Kier alpha value is -0.170. The first-order valence-corrected chi connectivity index (χ1v) is 7.48. The topological polar surface area (TPSA) is 78.4 Å². The molecule has 0 spiro atoms. The van der Waals surface area contributed by atoms with Gasteiger partial charge in [-0.3, -0.25) is 0 Å². The van der Waals surface area contributed by atoms with Gasteiger partial charge in [0.05, 0.1) is 5.75 Å². The first-order chi connectivity index (χ1) is 7.52. The smallest absolute Gasteiger partial charge is 0.211 e. The van der Waals surface area contributed by atoms with Crippen LogP contribution in [0, 0.1) is 0 Å². The van der Waals surface area contributed by atoms with E-state index >= 15 is 0 Å². The Morgan fingerprint density at radius 1 is 1.25 bits per heavy atom. The van der Waals surface area contributed by atoms with Gasteiger partial charge in [-0.25, -0.2) is 13.1 Å². The molecule has 1 unspecified atom stereocenters. The van der Waals surface area contributed by atoms with Gasteiger partial charge in [-0.1, -0.05) is 0 Å². The van der Waals surface area contributed by atoms with Crippen molar-refractivity contribution in [1.29, 1.82) is 0 Å². The third-order valence-electron chi connectivity index (χ3n) is 2.34. The van der Waals surface area contributed by atoms with Gasteiger partial charge in [-0.2, -0.15) is 0 Å². The predicted molar refractivity (Wildman–Crippen MR) is 65.9 cm³/mol. The molecule has 0 aromatic carbocycles. The van der Waals surface area contributed by atoms with Crippen LogP contribution in [0.25, 0.3) is 0 Å². The Balaban J connectivity index is 3.40. The zero-order valence-corrected chi connectivity index (χ0v) is 11.0. The molecule has 0 aliphatic carbocycles. The molecule has 0 aliphatic heterocycles. The van der Waals surface area contributed by atoms with Crippen molar-refractivity contribution in [3.8, 4) is 0 Å². The number of rotatable bonds is 10. The normalized spacial score (nSPS) is 13.9. The van der Waals surface area contributed by atoms with Crippen molar-refractivity contribution in [3.05, 3.63) is 0 Å². The van der Waals surface area contributed by atoms with Crippen LogP contribution in [-0.4, -0.2) is 45.0 Å². The lowest BCUT2D eigenvalue weighted by atomic mass is 10.2. The van der Waals surface area contributed by atoms with E-state index in [1.54, 1.807) is 6.92 Å². The zero-order valence-electron chi connectivity index (χ0n) is 10.2. The second kappa shape index (κ2) is 8.92. The molecule has 0 heterocycles. The number of nitrogens with one attached hydrogen (secondary N) is 2. The number of aliphatic hydroxyl groups excluding tert-OH is 1. The van der Waals surface area contributed by atoms with E-state index in [9.17, 15) is 8.42 Å². The molecule has 0 amide bonds. The summed E-state index contributed by atoms with van der Waals surface area (Å²) < 4.78 is 24.7. The highest BCUT2D eigenvalue weighted by Crippen LogP contribution is 1.94. The quantitative estimate of drug-likeness (QED) is 0.481. The van der Waals surface area contributed by atoms with Crippen LogP contribution in [0.1, 0.15) is 33.1 Å². The molecule has 0 bridgehead atoms.